The smallest absolute Gasteiger partial charge is 0.349 e. The summed E-state index contributed by atoms with van der Waals surface area (Å²) in [4.78, 5) is 30.3. The largest absolute Gasteiger partial charge is 0.427 e. The van der Waals surface area contributed by atoms with E-state index in [0.29, 0.717) is 30.8 Å². The number of H-pyrrole nitrogens is 1. The van der Waals surface area contributed by atoms with Crippen molar-refractivity contribution in [2.24, 2.45) is 5.92 Å². The molecule has 0 saturated carbocycles. The number of carbonyl (C=O) groups excluding carboxylic acids is 1. The monoisotopic (exact) mass is 389 g/mol. The number of para-hydroxylation sites is 1. The van der Waals surface area contributed by atoms with E-state index in [0.717, 1.165) is 35.7 Å². The highest BCUT2D eigenvalue weighted by atomic mass is 16.4. The maximum atomic E-state index is 12.9. The molecule has 1 unspecified atom stereocenters. The number of nitrogens with zero attached hydrogens (tertiary/aromatic N) is 2. The van der Waals surface area contributed by atoms with Crippen LogP contribution in [0.4, 0.5) is 0 Å². The summed E-state index contributed by atoms with van der Waals surface area (Å²) in [7, 11) is 0. The zero-order chi connectivity index (χ0) is 20.4. The first-order chi connectivity index (χ1) is 14.1. The highest BCUT2D eigenvalue weighted by molar-refractivity contribution is 5.95. The minimum absolute atomic E-state index is 0.0828. The lowest BCUT2D eigenvalue weighted by molar-refractivity contribution is 0.0693. The molecule has 0 spiro atoms. The molecular weight excluding hydrogens is 366 g/mol. The molecule has 4 rings (SSSR count). The predicted octanol–water partition coefficient (Wildman–Crippen LogP) is 3.59. The Bertz CT molecular complexity index is 1150. The number of aryl methyl sites for hydroxylation is 3. The maximum Gasteiger partial charge on any atom is 0.349 e. The Labute approximate surface area is 168 Å². The third kappa shape index (κ3) is 3.81. The van der Waals surface area contributed by atoms with E-state index in [2.05, 4.69) is 17.1 Å². The number of hydrogen-bond donors (Lipinski definition) is 1. The van der Waals surface area contributed by atoms with Gasteiger partial charge in [-0.15, -0.1) is 0 Å². The summed E-state index contributed by atoms with van der Waals surface area (Å²) in [6.07, 6.45) is 4.86. The van der Waals surface area contributed by atoms with Crippen LogP contribution in [0.3, 0.4) is 0 Å². The summed E-state index contributed by atoms with van der Waals surface area (Å²) in [5.41, 5.74) is 2.36. The van der Waals surface area contributed by atoms with Crippen molar-refractivity contribution in [3.63, 3.8) is 0 Å². The van der Waals surface area contributed by atoms with Crippen molar-refractivity contribution in [2.75, 3.05) is 13.1 Å². The number of piperidine rings is 1. The lowest BCUT2D eigenvalue weighted by Crippen LogP contribution is -2.41. The molecule has 1 aliphatic rings. The topological polar surface area (TPSA) is 90.1 Å². The number of amides is 1. The molecule has 1 amide bonds. The third-order valence-corrected chi connectivity index (χ3v) is 5.62. The normalized spacial score (nSPS) is 16.7. The highest BCUT2D eigenvalue weighted by Crippen LogP contribution is 2.21. The van der Waals surface area contributed by atoms with Crippen molar-refractivity contribution >= 4 is 16.8 Å². The molecule has 6 heteroatoms. The third-order valence-electron chi connectivity index (χ3n) is 5.62. The van der Waals surface area contributed by atoms with Crippen LogP contribution in [-0.2, 0) is 12.8 Å². The van der Waals surface area contributed by atoms with Crippen LogP contribution in [0.5, 0.6) is 0 Å². The van der Waals surface area contributed by atoms with Crippen LogP contribution in [0.25, 0.3) is 10.9 Å². The van der Waals surface area contributed by atoms with E-state index >= 15 is 0 Å². The number of rotatable bonds is 4. The van der Waals surface area contributed by atoms with E-state index in [1.54, 1.807) is 17.9 Å². The fourth-order valence-electron chi connectivity index (χ4n) is 4.07. The Balaban J connectivity index is 1.52. The Morgan fingerprint density at radius 3 is 2.97 bits per heavy atom. The minimum Gasteiger partial charge on any atom is -0.427 e. The van der Waals surface area contributed by atoms with Gasteiger partial charge >= 0.3 is 5.63 Å². The molecule has 3 heterocycles. The molecular formula is C23H23N3O3. The van der Waals surface area contributed by atoms with Gasteiger partial charge in [-0.3, -0.25) is 4.79 Å². The van der Waals surface area contributed by atoms with Crippen LogP contribution in [0, 0.1) is 24.2 Å². The summed E-state index contributed by atoms with van der Waals surface area (Å²) in [6.45, 7) is 2.71. The van der Waals surface area contributed by atoms with Gasteiger partial charge in [-0.05, 0) is 49.4 Å². The van der Waals surface area contributed by atoms with Gasteiger partial charge in [0.25, 0.3) is 5.91 Å². The number of hydrogen-bond acceptors (Lipinski definition) is 4. The number of aromatic nitrogens is 1. The Morgan fingerprint density at radius 2 is 2.17 bits per heavy atom. The first kappa shape index (κ1) is 19.0. The zero-order valence-corrected chi connectivity index (χ0v) is 16.4. The van der Waals surface area contributed by atoms with E-state index in [-0.39, 0.29) is 17.4 Å². The standard InChI is InChI=1S/C23H23N3O3/c1-15-11-18(9-8-17-13-25-20-7-3-2-6-19(17)20)29-23(28)21(15)22(27)26-10-4-5-16(12-24)14-26/h2-3,6-7,11,13,16,25H,4-5,8-10,14H2,1H3. The van der Waals surface area contributed by atoms with Crippen LogP contribution < -0.4 is 5.63 Å². The zero-order valence-electron chi connectivity index (χ0n) is 16.4. The fourth-order valence-corrected chi connectivity index (χ4v) is 4.07. The lowest BCUT2D eigenvalue weighted by atomic mass is 9.98. The molecule has 0 bridgehead atoms. The average Bonchev–Trinajstić information content (AvgIpc) is 3.15. The van der Waals surface area contributed by atoms with E-state index in [9.17, 15) is 9.59 Å². The van der Waals surface area contributed by atoms with Crippen molar-refractivity contribution in [1.82, 2.24) is 9.88 Å². The summed E-state index contributed by atoms with van der Waals surface area (Å²) in [5, 5.41) is 10.3. The second-order valence-corrected chi connectivity index (χ2v) is 7.64. The van der Waals surface area contributed by atoms with Gasteiger partial charge in [0, 0.05) is 36.6 Å². The SMILES string of the molecule is Cc1cc(CCc2c[nH]c3ccccc23)oc(=O)c1C(=O)N1CCCC(C#N)C1. The van der Waals surface area contributed by atoms with E-state index in [1.165, 1.54) is 0 Å². The van der Waals surface area contributed by atoms with E-state index in [4.69, 9.17) is 9.68 Å². The Kier molecular flexibility index (Phi) is 5.22. The average molecular weight is 389 g/mol. The Hall–Kier alpha value is -3.33. The second kappa shape index (κ2) is 7.96. The van der Waals surface area contributed by atoms with Crippen molar-refractivity contribution in [1.29, 1.82) is 5.26 Å². The predicted molar refractivity (Wildman–Crippen MR) is 110 cm³/mol. The fraction of sp³-hybridized carbons (Fsp3) is 0.348. The van der Waals surface area contributed by atoms with E-state index in [1.807, 2.05) is 24.4 Å². The molecule has 6 nitrogen and oxygen atoms in total. The van der Waals surface area contributed by atoms with Gasteiger partial charge in [-0.25, -0.2) is 4.79 Å². The van der Waals surface area contributed by atoms with Crippen LogP contribution in [0.1, 0.15) is 40.1 Å². The van der Waals surface area contributed by atoms with Gasteiger partial charge in [0.2, 0.25) is 0 Å². The second-order valence-electron chi connectivity index (χ2n) is 7.64. The van der Waals surface area contributed by atoms with Gasteiger partial charge in [0.15, 0.2) is 0 Å². The van der Waals surface area contributed by atoms with Crippen molar-refractivity contribution < 1.29 is 9.21 Å². The maximum absolute atomic E-state index is 12.9. The molecule has 1 aromatic carbocycles. The number of carbonyl (C=O) groups is 1. The molecule has 1 N–H and O–H groups in total. The number of fused-ring (bicyclic) bond motifs is 1. The van der Waals surface area contributed by atoms with Crippen LogP contribution in [0.15, 0.2) is 45.7 Å². The summed E-state index contributed by atoms with van der Waals surface area (Å²) >= 11 is 0. The quantitative estimate of drug-likeness (QED) is 0.738. The molecule has 29 heavy (non-hydrogen) atoms. The van der Waals surface area contributed by atoms with Crippen molar-refractivity contribution in [3.05, 3.63) is 69.4 Å². The minimum atomic E-state index is -0.594. The number of aromatic amines is 1. The van der Waals surface area contributed by atoms with Gasteiger partial charge in [0.1, 0.15) is 11.3 Å². The summed E-state index contributed by atoms with van der Waals surface area (Å²) in [5.74, 6) is 0.0674. The first-order valence-corrected chi connectivity index (χ1v) is 9.94. The highest BCUT2D eigenvalue weighted by Gasteiger charge is 2.27. The number of nitrogens with one attached hydrogen (secondary N) is 1. The van der Waals surface area contributed by atoms with Crippen molar-refractivity contribution in [2.45, 2.75) is 32.6 Å². The molecule has 1 saturated heterocycles. The molecule has 3 aromatic rings. The number of nitriles is 1. The molecule has 1 fully saturated rings. The van der Waals surface area contributed by atoms with Crippen LogP contribution >= 0.6 is 0 Å². The molecule has 0 aliphatic carbocycles. The van der Waals surface area contributed by atoms with Crippen molar-refractivity contribution in [3.8, 4) is 6.07 Å². The number of likely N-dealkylation sites (tertiary alicyclic amines) is 1. The lowest BCUT2D eigenvalue weighted by Gasteiger charge is -2.29. The van der Waals surface area contributed by atoms with Crippen LogP contribution in [-0.4, -0.2) is 28.9 Å². The van der Waals surface area contributed by atoms with Crippen LogP contribution in [0.2, 0.25) is 0 Å². The Morgan fingerprint density at radius 1 is 1.34 bits per heavy atom. The molecule has 2 aromatic heterocycles. The van der Waals surface area contributed by atoms with Gasteiger partial charge in [-0.2, -0.15) is 5.26 Å². The molecule has 1 aliphatic heterocycles. The van der Waals surface area contributed by atoms with E-state index < -0.39 is 5.63 Å². The van der Waals surface area contributed by atoms with Gasteiger partial charge < -0.3 is 14.3 Å². The number of benzene rings is 1. The first-order valence-electron chi connectivity index (χ1n) is 9.94. The molecule has 148 valence electrons. The summed E-state index contributed by atoms with van der Waals surface area (Å²) < 4.78 is 5.49. The van der Waals surface area contributed by atoms with Gasteiger partial charge in [-0.1, -0.05) is 18.2 Å². The van der Waals surface area contributed by atoms with Gasteiger partial charge in [0.05, 0.1) is 12.0 Å². The molecule has 0 radical (unpaired) electrons. The molecule has 1 atom stereocenters. The summed E-state index contributed by atoms with van der Waals surface area (Å²) in [6, 6.07) is 12.1.